The topological polar surface area (TPSA) is 32.3 Å². The van der Waals surface area contributed by atoms with E-state index >= 15 is 0 Å². The predicted octanol–water partition coefficient (Wildman–Crippen LogP) is 3.15. The highest BCUT2D eigenvalue weighted by Gasteiger charge is 2.29. The number of amides is 1. The third-order valence-electron chi connectivity index (χ3n) is 3.66. The van der Waals surface area contributed by atoms with Crippen LogP contribution in [-0.4, -0.2) is 36.2 Å². The van der Waals surface area contributed by atoms with Gasteiger partial charge in [-0.2, -0.15) is 0 Å². The van der Waals surface area contributed by atoms with Crippen LogP contribution >= 0.6 is 11.8 Å². The molecule has 1 aromatic carbocycles. The lowest BCUT2D eigenvalue weighted by Gasteiger charge is -2.15. The van der Waals surface area contributed by atoms with Gasteiger partial charge in [0.2, 0.25) is 5.91 Å². The molecule has 3 nitrogen and oxygen atoms in total. The molecule has 1 aliphatic carbocycles. The van der Waals surface area contributed by atoms with Crippen molar-refractivity contribution in [2.75, 3.05) is 19.3 Å². The van der Waals surface area contributed by atoms with Crippen molar-refractivity contribution < 1.29 is 4.79 Å². The van der Waals surface area contributed by atoms with Crippen LogP contribution in [0.5, 0.6) is 0 Å². The van der Waals surface area contributed by atoms with E-state index in [0.29, 0.717) is 17.7 Å². The molecule has 1 N–H and O–H groups in total. The summed E-state index contributed by atoms with van der Waals surface area (Å²) >= 11 is 1.63. The van der Waals surface area contributed by atoms with Gasteiger partial charge in [0.25, 0.3) is 0 Å². The highest BCUT2D eigenvalue weighted by Crippen LogP contribution is 2.27. The van der Waals surface area contributed by atoms with E-state index in [-0.39, 0.29) is 5.91 Å². The molecule has 4 heteroatoms. The summed E-state index contributed by atoms with van der Waals surface area (Å²) in [4.78, 5) is 15.0. The quantitative estimate of drug-likeness (QED) is 0.749. The van der Waals surface area contributed by atoms with Crippen molar-refractivity contribution in [2.45, 2.75) is 44.2 Å². The van der Waals surface area contributed by atoms with Gasteiger partial charge in [-0.3, -0.25) is 4.79 Å². The maximum atomic E-state index is 12.0. The normalized spacial score (nSPS) is 14.5. The standard InChI is InChI=1S/C17H26N2OS/c1-13(2)10-18-11-14-4-8-16(9-5-14)21-12-17(20)19(3)15-6-7-15/h4-5,8-9,13,15,18H,6-7,10-12H2,1-3H3. The van der Waals surface area contributed by atoms with E-state index in [1.54, 1.807) is 11.8 Å². The molecule has 0 aromatic heterocycles. The molecule has 1 amide bonds. The van der Waals surface area contributed by atoms with Crippen LogP contribution in [0.4, 0.5) is 0 Å². The Morgan fingerprint density at radius 3 is 2.57 bits per heavy atom. The van der Waals surface area contributed by atoms with Crippen LogP contribution < -0.4 is 5.32 Å². The minimum atomic E-state index is 0.241. The Balaban J connectivity index is 1.72. The summed E-state index contributed by atoms with van der Waals surface area (Å²) in [6, 6.07) is 9.02. The lowest BCUT2D eigenvalue weighted by molar-refractivity contribution is -0.127. The van der Waals surface area contributed by atoms with Gasteiger partial charge in [-0.1, -0.05) is 26.0 Å². The van der Waals surface area contributed by atoms with Crippen molar-refractivity contribution in [3.8, 4) is 0 Å². The number of thioether (sulfide) groups is 1. The predicted molar refractivity (Wildman–Crippen MR) is 89.5 cm³/mol. The fourth-order valence-corrected chi connectivity index (χ4v) is 2.94. The van der Waals surface area contributed by atoms with E-state index in [1.165, 1.54) is 23.3 Å². The van der Waals surface area contributed by atoms with Gasteiger partial charge in [-0.25, -0.2) is 0 Å². The third kappa shape index (κ3) is 5.71. The van der Waals surface area contributed by atoms with Gasteiger partial charge >= 0.3 is 0 Å². The molecular formula is C17H26N2OS. The largest absolute Gasteiger partial charge is 0.342 e. The van der Waals surface area contributed by atoms with Crippen molar-refractivity contribution in [3.63, 3.8) is 0 Å². The minimum absolute atomic E-state index is 0.241. The van der Waals surface area contributed by atoms with E-state index in [2.05, 4.69) is 43.4 Å². The Morgan fingerprint density at radius 1 is 1.33 bits per heavy atom. The first kappa shape index (κ1) is 16.4. The number of nitrogens with one attached hydrogen (secondary N) is 1. The molecule has 21 heavy (non-hydrogen) atoms. The summed E-state index contributed by atoms with van der Waals surface area (Å²) in [7, 11) is 1.92. The van der Waals surface area contributed by atoms with Gasteiger partial charge < -0.3 is 10.2 Å². The van der Waals surface area contributed by atoms with E-state index < -0.39 is 0 Å². The molecule has 2 rings (SSSR count). The highest BCUT2D eigenvalue weighted by atomic mass is 32.2. The first-order valence-corrected chi connectivity index (χ1v) is 8.73. The fraction of sp³-hybridized carbons (Fsp3) is 0.588. The summed E-state index contributed by atoms with van der Waals surface area (Å²) in [5.74, 6) is 1.46. The van der Waals surface area contributed by atoms with Crippen LogP contribution in [0, 0.1) is 5.92 Å². The molecule has 0 atom stereocenters. The summed E-state index contributed by atoms with van der Waals surface area (Å²) < 4.78 is 0. The molecule has 0 heterocycles. The Bertz CT molecular complexity index is 454. The number of carbonyl (C=O) groups excluding carboxylic acids is 1. The Labute approximate surface area is 132 Å². The summed E-state index contributed by atoms with van der Waals surface area (Å²) in [6.07, 6.45) is 2.34. The second kappa shape index (κ2) is 7.85. The van der Waals surface area contributed by atoms with E-state index in [4.69, 9.17) is 0 Å². The summed E-state index contributed by atoms with van der Waals surface area (Å²) in [5.41, 5.74) is 1.29. The molecule has 1 fully saturated rings. The summed E-state index contributed by atoms with van der Waals surface area (Å²) in [6.45, 7) is 6.37. The Hall–Kier alpha value is -1.00. The van der Waals surface area contributed by atoms with Crippen LogP contribution in [0.15, 0.2) is 29.2 Å². The highest BCUT2D eigenvalue weighted by molar-refractivity contribution is 8.00. The minimum Gasteiger partial charge on any atom is -0.342 e. The second-order valence-corrected chi connectivity index (χ2v) is 7.24. The molecule has 0 radical (unpaired) electrons. The number of rotatable bonds is 8. The monoisotopic (exact) mass is 306 g/mol. The number of benzene rings is 1. The summed E-state index contributed by atoms with van der Waals surface area (Å²) in [5, 5.41) is 3.44. The van der Waals surface area contributed by atoms with E-state index in [9.17, 15) is 4.79 Å². The second-order valence-electron chi connectivity index (χ2n) is 6.19. The van der Waals surface area contributed by atoms with Gasteiger partial charge in [0.1, 0.15) is 0 Å². The molecule has 0 aliphatic heterocycles. The lowest BCUT2D eigenvalue weighted by Crippen LogP contribution is -2.30. The van der Waals surface area contributed by atoms with Gasteiger partial charge in [-0.05, 0) is 43.0 Å². The van der Waals surface area contributed by atoms with Crippen molar-refractivity contribution in [2.24, 2.45) is 5.92 Å². The number of hydrogen-bond acceptors (Lipinski definition) is 3. The molecule has 0 saturated heterocycles. The zero-order valence-electron chi connectivity index (χ0n) is 13.3. The smallest absolute Gasteiger partial charge is 0.232 e. The average Bonchev–Trinajstić information content (AvgIpc) is 3.29. The molecule has 116 valence electrons. The first-order valence-electron chi connectivity index (χ1n) is 7.74. The zero-order valence-corrected chi connectivity index (χ0v) is 14.1. The lowest BCUT2D eigenvalue weighted by atomic mass is 10.2. The Morgan fingerprint density at radius 2 is 2.00 bits per heavy atom. The van der Waals surface area contributed by atoms with E-state index in [0.717, 1.165) is 13.1 Å². The maximum Gasteiger partial charge on any atom is 0.232 e. The van der Waals surface area contributed by atoms with Gasteiger partial charge in [0.15, 0.2) is 0 Å². The van der Waals surface area contributed by atoms with Crippen molar-refractivity contribution in [1.29, 1.82) is 0 Å². The van der Waals surface area contributed by atoms with Crippen LogP contribution in [0.3, 0.4) is 0 Å². The van der Waals surface area contributed by atoms with Crippen molar-refractivity contribution in [3.05, 3.63) is 29.8 Å². The zero-order chi connectivity index (χ0) is 15.2. The van der Waals surface area contributed by atoms with Gasteiger partial charge in [0.05, 0.1) is 5.75 Å². The van der Waals surface area contributed by atoms with Crippen LogP contribution in [-0.2, 0) is 11.3 Å². The molecule has 0 unspecified atom stereocenters. The van der Waals surface area contributed by atoms with Gasteiger partial charge in [-0.15, -0.1) is 11.8 Å². The van der Waals surface area contributed by atoms with Crippen LogP contribution in [0.2, 0.25) is 0 Å². The number of carbonyl (C=O) groups is 1. The number of nitrogens with zero attached hydrogens (tertiary/aromatic N) is 1. The third-order valence-corrected chi connectivity index (χ3v) is 4.65. The fourth-order valence-electron chi connectivity index (χ4n) is 2.12. The maximum absolute atomic E-state index is 12.0. The molecule has 0 bridgehead atoms. The Kier molecular flexibility index (Phi) is 6.12. The molecular weight excluding hydrogens is 280 g/mol. The molecule has 1 aliphatic rings. The van der Waals surface area contributed by atoms with E-state index in [1.807, 2.05) is 11.9 Å². The van der Waals surface area contributed by atoms with Crippen molar-refractivity contribution in [1.82, 2.24) is 10.2 Å². The molecule has 1 saturated carbocycles. The first-order chi connectivity index (χ1) is 10.1. The molecule has 0 spiro atoms. The van der Waals surface area contributed by atoms with Crippen molar-refractivity contribution >= 4 is 17.7 Å². The molecule has 1 aromatic rings. The number of hydrogen-bond donors (Lipinski definition) is 1. The average molecular weight is 306 g/mol. The SMILES string of the molecule is CC(C)CNCc1ccc(SCC(=O)N(C)C2CC2)cc1. The van der Waals surface area contributed by atoms with Crippen LogP contribution in [0.1, 0.15) is 32.3 Å². The van der Waals surface area contributed by atoms with Crippen LogP contribution in [0.25, 0.3) is 0 Å². The van der Waals surface area contributed by atoms with Gasteiger partial charge in [0, 0.05) is 24.5 Å².